The maximum absolute atomic E-state index is 12.9. The zero-order valence-corrected chi connectivity index (χ0v) is 20.3. The fourth-order valence-electron chi connectivity index (χ4n) is 3.12. The third kappa shape index (κ3) is 5.15. The largest absolute Gasteiger partial charge is 0.497 e. The summed E-state index contributed by atoms with van der Waals surface area (Å²) in [5.74, 6) is 0.806. The molecule has 0 aliphatic rings. The van der Waals surface area contributed by atoms with Gasteiger partial charge >= 0.3 is 5.97 Å². The van der Waals surface area contributed by atoms with Crippen molar-refractivity contribution in [3.8, 4) is 22.8 Å². The monoisotopic (exact) mass is 520 g/mol. The summed E-state index contributed by atoms with van der Waals surface area (Å²) in [4.78, 5) is 14.2. The van der Waals surface area contributed by atoms with E-state index in [-0.39, 0.29) is 5.90 Å². The molecular formula is C25H21BrN4O4. The molecule has 0 saturated heterocycles. The van der Waals surface area contributed by atoms with Crippen LogP contribution in [0.5, 0.6) is 11.5 Å². The van der Waals surface area contributed by atoms with E-state index in [2.05, 4.69) is 31.3 Å². The van der Waals surface area contributed by atoms with Crippen molar-refractivity contribution >= 4 is 27.8 Å². The van der Waals surface area contributed by atoms with E-state index in [1.54, 1.807) is 62.8 Å². The number of carbonyl (C=O) groups is 1. The van der Waals surface area contributed by atoms with Crippen molar-refractivity contribution in [2.45, 2.75) is 6.92 Å². The smallest absolute Gasteiger partial charge is 0.344 e. The quantitative estimate of drug-likeness (QED) is 0.199. The molecule has 0 fully saturated rings. The third-order valence-corrected chi connectivity index (χ3v) is 5.56. The average Bonchev–Trinajstić information content (AvgIpc) is 3.24. The van der Waals surface area contributed by atoms with Gasteiger partial charge in [-0.25, -0.2) is 4.79 Å². The minimum atomic E-state index is -0.567. The van der Waals surface area contributed by atoms with Crippen LogP contribution < -0.4 is 9.47 Å². The number of ether oxygens (including phenoxy) is 3. The second-order valence-electron chi connectivity index (χ2n) is 7.17. The highest BCUT2D eigenvalue weighted by Crippen LogP contribution is 2.23. The van der Waals surface area contributed by atoms with E-state index >= 15 is 0 Å². The molecular weight excluding hydrogens is 500 g/mol. The van der Waals surface area contributed by atoms with Crippen molar-refractivity contribution in [3.05, 3.63) is 94.1 Å². The minimum absolute atomic E-state index is 0.0684. The summed E-state index contributed by atoms with van der Waals surface area (Å²) in [6.45, 7) is 1.85. The summed E-state index contributed by atoms with van der Waals surface area (Å²) in [5.41, 5.74) is 3.18. The molecule has 0 amide bonds. The molecule has 9 heteroatoms. The Labute approximate surface area is 204 Å². The maximum atomic E-state index is 12.9. The van der Waals surface area contributed by atoms with Gasteiger partial charge in [-0.2, -0.15) is 0 Å². The SMILES string of the molecule is COc1ccc(C(=O)O/C(=N/n2nnc(-c3ccc(Br)cc3)c2C)c2ccc(OC)cc2)cc1. The Morgan fingerprint density at radius 2 is 1.41 bits per heavy atom. The van der Waals surface area contributed by atoms with Crippen LogP contribution in [0.25, 0.3) is 11.3 Å². The third-order valence-electron chi connectivity index (χ3n) is 5.03. The molecule has 0 bridgehead atoms. The number of carbonyl (C=O) groups excluding carboxylic acids is 1. The summed E-state index contributed by atoms with van der Waals surface area (Å²) in [7, 11) is 3.14. The van der Waals surface area contributed by atoms with Gasteiger partial charge in [-0.05, 0) is 72.8 Å². The molecule has 0 unspecified atom stereocenters. The lowest BCUT2D eigenvalue weighted by atomic mass is 10.1. The molecule has 0 spiro atoms. The lowest BCUT2D eigenvalue weighted by Gasteiger charge is -2.09. The van der Waals surface area contributed by atoms with Crippen molar-refractivity contribution in [1.29, 1.82) is 0 Å². The molecule has 0 saturated carbocycles. The van der Waals surface area contributed by atoms with Crippen molar-refractivity contribution in [2.24, 2.45) is 5.10 Å². The fraction of sp³-hybridized carbons (Fsp3) is 0.120. The summed E-state index contributed by atoms with van der Waals surface area (Å²) < 4.78 is 17.0. The number of aromatic nitrogens is 3. The fourth-order valence-corrected chi connectivity index (χ4v) is 3.39. The van der Waals surface area contributed by atoms with Gasteiger partial charge < -0.3 is 14.2 Å². The second-order valence-corrected chi connectivity index (χ2v) is 8.09. The molecule has 4 aromatic rings. The molecule has 4 rings (SSSR count). The highest BCUT2D eigenvalue weighted by Gasteiger charge is 2.17. The van der Waals surface area contributed by atoms with Gasteiger partial charge in [0.05, 0.1) is 25.5 Å². The van der Waals surface area contributed by atoms with Crippen molar-refractivity contribution in [1.82, 2.24) is 15.1 Å². The van der Waals surface area contributed by atoms with E-state index in [1.165, 1.54) is 4.79 Å². The van der Waals surface area contributed by atoms with Gasteiger partial charge in [0.15, 0.2) is 0 Å². The molecule has 0 atom stereocenters. The van der Waals surface area contributed by atoms with Crippen LogP contribution >= 0.6 is 15.9 Å². The Morgan fingerprint density at radius 3 is 1.97 bits per heavy atom. The van der Waals surface area contributed by atoms with Gasteiger partial charge in [0, 0.05) is 15.6 Å². The first-order valence-electron chi connectivity index (χ1n) is 10.3. The molecule has 3 aromatic carbocycles. The van der Waals surface area contributed by atoms with E-state index in [4.69, 9.17) is 14.2 Å². The summed E-state index contributed by atoms with van der Waals surface area (Å²) in [6.07, 6.45) is 0. The van der Waals surface area contributed by atoms with Crippen molar-refractivity contribution in [3.63, 3.8) is 0 Å². The van der Waals surface area contributed by atoms with E-state index in [0.29, 0.717) is 34.0 Å². The molecule has 34 heavy (non-hydrogen) atoms. The summed E-state index contributed by atoms with van der Waals surface area (Å²) in [6, 6.07) is 21.4. The number of benzene rings is 3. The molecule has 0 radical (unpaired) electrons. The Hall–Kier alpha value is -3.98. The number of hydrogen-bond donors (Lipinski definition) is 0. The average molecular weight is 521 g/mol. The predicted octanol–water partition coefficient (Wildman–Crippen LogP) is 5.10. The molecule has 1 aromatic heterocycles. The standard InChI is InChI=1S/C25H21BrN4O4/c1-16-23(17-4-10-20(26)11-5-17)27-29-30(16)28-24(18-6-12-21(32-2)13-7-18)34-25(31)19-8-14-22(33-3)15-9-19/h4-15H,1-3H3/b28-24+. The molecule has 8 nitrogen and oxygen atoms in total. The van der Waals surface area contributed by atoms with Gasteiger partial charge in [-0.3, -0.25) is 0 Å². The van der Waals surface area contributed by atoms with Crippen molar-refractivity contribution < 1.29 is 19.0 Å². The van der Waals surface area contributed by atoms with Crippen LogP contribution in [0, 0.1) is 6.92 Å². The Balaban J connectivity index is 1.70. The van der Waals surface area contributed by atoms with Crippen LogP contribution in [0.2, 0.25) is 0 Å². The van der Waals surface area contributed by atoms with Crippen LogP contribution in [0.3, 0.4) is 0 Å². The highest BCUT2D eigenvalue weighted by molar-refractivity contribution is 9.10. The van der Waals surface area contributed by atoms with E-state index in [9.17, 15) is 4.79 Å². The molecule has 0 aliphatic heterocycles. The second kappa shape index (κ2) is 10.3. The van der Waals surface area contributed by atoms with E-state index in [0.717, 1.165) is 10.0 Å². The lowest BCUT2D eigenvalue weighted by molar-refractivity contribution is 0.0716. The molecule has 0 aliphatic carbocycles. The minimum Gasteiger partial charge on any atom is -0.497 e. The van der Waals surface area contributed by atoms with Crippen LogP contribution in [-0.4, -0.2) is 41.2 Å². The first kappa shape index (κ1) is 23.2. The summed E-state index contributed by atoms with van der Waals surface area (Å²) in [5, 5.41) is 12.9. The van der Waals surface area contributed by atoms with E-state index < -0.39 is 5.97 Å². The zero-order chi connectivity index (χ0) is 24.1. The first-order chi connectivity index (χ1) is 16.5. The zero-order valence-electron chi connectivity index (χ0n) is 18.7. The van der Waals surface area contributed by atoms with E-state index in [1.807, 2.05) is 31.2 Å². The van der Waals surface area contributed by atoms with Gasteiger partial charge in [-0.15, -0.1) is 15.0 Å². The Morgan fingerprint density at radius 1 is 0.853 bits per heavy atom. The van der Waals surface area contributed by atoms with Gasteiger partial charge in [0.1, 0.15) is 17.2 Å². The highest BCUT2D eigenvalue weighted by atomic mass is 79.9. The predicted molar refractivity (Wildman–Crippen MR) is 131 cm³/mol. The topological polar surface area (TPSA) is 87.8 Å². The van der Waals surface area contributed by atoms with Crippen molar-refractivity contribution in [2.75, 3.05) is 14.2 Å². The summed E-state index contributed by atoms with van der Waals surface area (Å²) >= 11 is 3.43. The number of methoxy groups -OCH3 is 2. The van der Waals surface area contributed by atoms with Gasteiger partial charge in [0.2, 0.25) is 5.90 Å². The van der Waals surface area contributed by atoms with Crippen LogP contribution in [0.15, 0.2) is 82.4 Å². The maximum Gasteiger partial charge on any atom is 0.344 e. The van der Waals surface area contributed by atoms with Crippen LogP contribution in [0.1, 0.15) is 21.6 Å². The number of nitrogens with zero attached hydrogens (tertiary/aromatic N) is 4. The van der Waals surface area contributed by atoms with Crippen LogP contribution in [0.4, 0.5) is 0 Å². The Kier molecular flexibility index (Phi) is 7.03. The van der Waals surface area contributed by atoms with Crippen LogP contribution in [-0.2, 0) is 4.74 Å². The number of halogens is 1. The number of esters is 1. The molecule has 172 valence electrons. The van der Waals surface area contributed by atoms with Gasteiger partial charge in [0.25, 0.3) is 0 Å². The lowest BCUT2D eigenvalue weighted by Crippen LogP contribution is -2.16. The van der Waals surface area contributed by atoms with Gasteiger partial charge in [-0.1, -0.05) is 28.1 Å². The number of rotatable bonds is 6. The Bertz CT molecular complexity index is 1310. The first-order valence-corrected chi connectivity index (χ1v) is 11.1. The number of hydrogen-bond acceptors (Lipinski definition) is 7. The molecule has 1 heterocycles. The normalized spacial score (nSPS) is 11.2. The molecule has 0 N–H and O–H groups in total.